The van der Waals surface area contributed by atoms with Gasteiger partial charge in [0, 0.05) is 37.2 Å². The van der Waals surface area contributed by atoms with Crippen molar-refractivity contribution in [2.45, 2.75) is 32.4 Å². The molecule has 0 saturated heterocycles. The van der Waals surface area contributed by atoms with Crippen LogP contribution in [0.15, 0.2) is 30.9 Å². The smallest absolute Gasteiger partial charge is 0.0539 e. The highest BCUT2D eigenvalue weighted by atomic mass is 15.2. The van der Waals surface area contributed by atoms with Gasteiger partial charge in [-0.05, 0) is 24.5 Å². The molecular formula is C13H20N4. The topological polar surface area (TPSA) is 48.8 Å². The minimum atomic E-state index is 0.268. The lowest BCUT2D eigenvalue weighted by molar-refractivity contribution is 0.645. The van der Waals surface area contributed by atoms with Crippen LogP contribution in [0.4, 0.5) is 0 Å². The molecule has 0 saturated carbocycles. The van der Waals surface area contributed by atoms with Gasteiger partial charge in [0.25, 0.3) is 0 Å². The zero-order valence-corrected chi connectivity index (χ0v) is 10.5. The van der Waals surface area contributed by atoms with Gasteiger partial charge in [0.05, 0.1) is 12.7 Å². The Morgan fingerprint density at radius 3 is 2.82 bits per heavy atom. The fourth-order valence-corrected chi connectivity index (χ4v) is 1.92. The van der Waals surface area contributed by atoms with E-state index < -0.39 is 0 Å². The van der Waals surface area contributed by atoms with Crippen molar-refractivity contribution >= 4 is 0 Å². The molecule has 0 bridgehead atoms. The van der Waals surface area contributed by atoms with E-state index in [1.807, 2.05) is 24.1 Å². The fraction of sp³-hybridized carbons (Fsp3) is 0.462. The first-order chi connectivity index (χ1) is 8.17. The van der Waals surface area contributed by atoms with Gasteiger partial charge < -0.3 is 10.3 Å². The van der Waals surface area contributed by atoms with Crippen LogP contribution in [0.2, 0.25) is 0 Å². The molecule has 2 aromatic heterocycles. The Morgan fingerprint density at radius 1 is 1.35 bits per heavy atom. The van der Waals surface area contributed by atoms with Gasteiger partial charge >= 0.3 is 0 Å². The third-order valence-electron chi connectivity index (χ3n) is 2.96. The molecular weight excluding hydrogens is 212 g/mol. The summed E-state index contributed by atoms with van der Waals surface area (Å²) in [4.78, 5) is 0. The SMILES string of the molecule is CCC(N)Cc1ccn(Cc2cnn(C)c2)c1. The Labute approximate surface area is 102 Å². The van der Waals surface area contributed by atoms with Crippen LogP contribution in [0.5, 0.6) is 0 Å². The van der Waals surface area contributed by atoms with Gasteiger partial charge in [-0.3, -0.25) is 4.68 Å². The monoisotopic (exact) mass is 232 g/mol. The fourth-order valence-electron chi connectivity index (χ4n) is 1.92. The molecule has 17 heavy (non-hydrogen) atoms. The molecule has 2 heterocycles. The van der Waals surface area contributed by atoms with Crippen molar-refractivity contribution in [3.63, 3.8) is 0 Å². The van der Waals surface area contributed by atoms with E-state index in [0.717, 1.165) is 19.4 Å². The Morgan fingerprint density at radius 2 is 2.18 bits per heavy atom. The van der Waals surface area contributed by atoms with E-state index in [4.69, 9.17) is 5.73 Å². The summed E-state index contributed by atoms with van der Waals surface area (Å²) in [6.07, 6.45) is 10.2. The van der Waals surface area contributed by atoms with Crippen LogP contribution in [0.25, 0.3) is 0 Å². The number of hydrogen-bond donors (Lipinski definition) is 1. The highest BCUT2D eigenvalue weighted by Crippen LogP contribution is 2.08. The maximum Gasteiger partial charge on any atom is 0.0539 e. The maximum absolute atomic E-state index is 5.95. The second-order valence-corrected chi connectivity index (χ2v) is 4.59. The molecule has 0 aliphatic carbocycles. The number of hydrogen-bond acceptors (Lipinski definition) is 2. The van der Waals surface area contributed by atoms with E-state index in [-0.39, 0.29) is 6.04 Å². The lowest BCUT2D eigenvalue weighted by Gasteiger charge is -2.05. The average molecular weight is 232 g/mol. The van der Waals surface area contributed by atoms with Crippen molar-refractivity contribution in [3.8, 4) is 0 Å². The number of nitrogens with zero attached hydrogens (tertiary/aromatic N) is 3. The van der Waals surface area contributed by atoms with E-state index in [9.17, 15) is 0 Å². The second kappa shape index (κ2) is 5.19. The van der Waals surface area contributed by atoms with Gasteiger partial charge in [-0.1, -0.05) is 6.92 Å². The van der Waals surface area contributed by atoms with Crippen LogP contribution in [0.1, 0.15) is 24.5 Å². The van der Waals surface area contributed by atoms with Gasteiger partial charge in [-0.15, -0.1) is 0 Å². The predicted octanol–water partition coefficient (Wildman–Crippen LogP) is 1.55. The Balaban J connectivity index is 1.98. The standard InChI is InChI=1S/C13H20N4/c1-3-13(14)6-11-4-5-17(9-11)10-12-7-15-16(2)8-12/h4-5,7-9,13H,3,6,10,14H2,1-2H3. The first-order valence-corrected chi connectivity index (χ1v) is 6.05. The molecule has 0 aliphatic rings. The highest BCUT2D eigenvalue weighted by molar-refractivity contribution is 5.14. The first kappa shape index (κ1) is 11.9. The molecule has 1 atom stereocenters. The molecule has 4 heteroatoms. The molecule has 0 aliphatic heterocycles. The number of rotatable bonds is 5. The van der Waals surface area contributed by atoms with Crippen molar-refractivity contribution in [2.24, 2.45) is 12.8 Å². The summed E-state index contributed by atoms with van der Waals surface area (Å²) in [5, 5.41) is 4.16. The average Bonchev–Trinajstić information content (AvgIpc) is 2.89. The third kappa shape index (κ3) is 3.20. The zero-order valence-electron chi connectivity index (χ0n) is 10.5. The number of nitrogens with two attached hydrogens (primary N) is 1. The summed E-state index contributed by atoms with van der Waals surface area (Å²) in [7, 11) is 1.94. The molecule has 0 spiro atoms. The molecule has 2 N–H and O–H groups in total. The van der Waals surface area contributed by atoms with Crippen LogP contribution < -0.4 is 5.73 Å². The third-order valence-corrected chi connectivity index (χ3v) is 2.96. The van der Waals surface area contributed by atoms with Crippen LogP contribution in [-0.2, 0) is 20.0 Å². The summed E-state index contributed by atoms with van der Waals surface area (Å²) < 4.78 is 4.00. The van der Waals surface area contributed by atoms with E-state index >= 15 is 0 Å². The molecule has 2 rings (SSSR count). The number of aryl methyl sites for hydroxylation is 1. The molecule has 2 aromatic rings. The van der Waals surface area contributed by atoms with Gasteiger partial charge in [-0.25, -0.2) is 0 Å². The molecule has 1 unspecified atom stereocenters. The predicted molar refractivity (Wildman–Crippen MR) is 68.7 cm³/mol. The molecule has 0 amide bonds. The van der Waals surface area contributed by atoms with Crippen molar-refractivity contribution in [1.82, 2.24) is 14.3 Å². The summed E-state index contributed by atoms with van der Waals surface area (Å²) in [5.41, 5.74) is 8.47. The van der Waals surface area contributed by atoms with Gasteiger partial charge in [0.2, 0.25) is 0 Å². The largest absolute Gasteiger partial charge is 0.350 e. The quantitative estimate of drug-likeness (QED) is 0.850. The lowest BCUT2D eigenvalue weighted by Crippen LogP contribution is -2.21. The summed E-state index contributed by atoms with van der Waals surface area (Å²) in [6.45, 7) is 2.99. The Bertz CT molecular complexity index is 469. The van der Waals surface area contributed by atoms with E-state index in [0.29, 0.717) is 0 Å². The summed E-state index contributed by atoms with van der Waals surface area (Å²) in [6, 6.07) is 2.41. The molecule has 4 nitrogen and oxygen atoms in total. The molecule has 92 valence electrons. The van der Waals surface area contributed by atoms with Crippen LogP contribution in [-0.4, -0.2) is 20.4 Å². The van der Waals surface area contributed by atoms with Crippen LogP contribution >= 0.6 is 0 Å². The van der Waals surface area contributed by atoms with Crippen molar-refractivity contribution in [1.29, 1.82) is 0 Å². The summed E-state index contributed by atoms with van der Waals surface area (Å²) in [5.74, 6) is 0. The second-order valence-electron chi connectivity index (χ2n) is 4.59. The van der Waals surface area contributed by atoms with Crippen molar-refractivity contribution < 1.29 is 0 Å². The molecule has 0 fully saturated rings. The van der Waals surface area contributed by atoms with Crippen molar-refractivity contribution in [2.75, 3.05) is 0 Å². The van der Waals surface area contributed by atoms with E-state index in [2.05, 4.69) is 35.0 Å². The zero-order chi connectivity index (χ0) is 12.3. The van der Waals surface area contributed by atoms with Crippen LogP contribution in [0.3, 0.4) is 0 Å². The summed E-state index contributed by atoms with van der Waals surface area (Å²) >= 11 is 0. The Kier molecular flexibility index (Phi) is 3.64. The minimum Gasteiger partial charge on any atom is -0.350 e. The normalized spacial score (nSPS) is 12.9. The van der Waals surface area contributed by atoms with Gasteiger partial charge in [0.15, 0.2) is 0 Å². The highest BCUT2D eigenvalue weighted by Gasteiger charge is 2.04. The van der Waals surface area contributed by atoms with Gasteiger partial charge in [0.1, 0.15) is 0 Å². The van der Waals surface area contributed by atoms with Gasteiger partial charge in [-0.2, -0.15) is 5.10 Å². The van der Waals surface area contributed by atoms with E-state index in [1.165, 1.54) is 11.1 Å². The maximum atomic E-state index is 5.95. The first-order valence-electron chi connectivity index (χ1n) is 6.05. The van der Waals surface area contributed by atoms with Crippen LogP contribution in [0, 0.1) is 0 Å². The Hall–Kier alpha value is -1.55. The number of aromatic nitrogens is 3. The van der Waals surface area contributed by atoms with E-state index in [1.54, 1.807) is 0 Å². The van der Waals surface area contributed by atoms with Crippen molar-refractivity contribution in [3.05, 3.63) is 42.0 Å². The molecule has 0 aromatic carbocycles. The molecule has 0 radical (unpaired) electrons. The lowest BCUT2D eigenvalue weighted by atomic mass is 10.1. The minimum absolute atomic E-state index is 0.268.